The number of anilines is 1. The first-order valence-corrected chi connectivity index (χ1v) is 6.59. The molecule has 0 unspecified atom stereocenters. The third-order valence-electron chi connectivity index (χ3n) is 3.39. The fraction of sp³-hybridized carbons (Fsp3) is 0.545. The maximum absolute atomic E-state index is 5.67. The number of nitrogens with two attached hydrogens (primary N) is 1. The van der Waals surface area contributed by atoms with Gasteiger partial charge in [0.2, 0.25) is 5.82 Å². The number of aromatic nitrogens is 3. The molecule has 2 N–H and O–H groups in total. The SMILES string of the molecule is COC1(c2noc(-c3sc(N)nc3C)n2)CCC1. The third kappa shape index (κ3) is 1.62. The summed E-state index contributed by atoms with van der Waals surface area (Å²) in [6.07, 6.45) is 3.00. The van der Waals surface area contributed by atoms with Crippen molar-refractivity contribution in [2.24, 2.45) is 0 Å². The predicted octanol–water partition coefficient (Wildman–Crippen LogP) is 2.11. The Morgan fingerprint density at radius 2 is 2.17 bits per heavy atom. The van der Waals surface area contributed by atoms with Gasteiger partial charge in [-0.15, -0.1) is 0 Å². The Labute approximate surface area is 108 Å². The van der Waals surface area contributed by atoms with E-state index in [1.807, 2.05) is 6.92 Å². The lowest BCUT2D eigenvalue weighted by Gasteiger charge is -2.37. The molecule has 1 aliphatic rings. The Kier molecular flexibility index (Phi) is 2.60. The molecule has 0 saturated heterocycles. The highest BCUT2D eigenvalue weighted by atomic mass is 32.1. The van der Waals surface area contributed by atoms with E-state index in [9.17, 15) is 0 Å². The summed E-state index contributed by atoms with van der Waals surface area (Å²) in [5, 5.41) is 4.54. The quantitative estimate of drug-likeness (QED) is 0.915. The van der Waals surface area contributed by atoms with Crippen LogP contribution < -0.4 is 5.73 Å². The minimum Gasteiger partial charge on any atom is -0.375 e. The van der Waals surface area contributed by atoms with E-state index in [1.54, 1.807) is 7.11 Å². The lowest BCUT2D eigenvalue weighted by molar-refractivity contribution is -0.0858. The number of nitrogens with zero attached hydrogens (tertiary/aromatic N) is 3. The van der Waals surface area contributed by atoms with E-state index in [1.165, 1.54) is 11.3 Å². The van der Waals surface area contributed by atoms with Crippen LogP contribution in [0, 0.1) is 6.92 Å². The smallest absolute Gasteiger partial charge is 0.270 e. The van der Waals surface area contributed by atoms with E-state index in [4.69, 9.17) is 15.0 Å². The minimum atomic E-state index is -0.355. The number of aryl methyl sites for hydroxylation is 1. The van der Waals surface area contributed by atoms with E-state index < -0.39 is 0 Å². The fourth-order valence-corrected chi connectivity index (χ4v) is 2.89. The summed E-state index contributed by atoms with van der Waals surface area (Å²) in [7, 11) is 1.69. The molecule has 2 heterocycles. The number of rotatable bonds is 3. The van der Waals surface area contributed by atoms with Gasteiger partial charge in [0.15, 0.2) is 5.13 Å². The molecule has 2 aromatic rings. The van der Waals surface area contributed by atoms with Crippen LogP contribution in [0.3, 0.4) is 0 Å². The highest BCUT2D eigenvalue weighted by molar-refractivity contribution is 7.18. The van der Waals surface area contributed by atoms with E-state index >= 15 is 0 Å². The molecule has 0 spiro atoms. The van der Waals surface area contributed by atoms with Crippen molar-refractivity contribution in [3.63, 3.8) is 0 Å². The normalized spacial score (nSPS) is 17.7. The second-order valence-corrected chi connectivity index (χ2v) is 5.47. The molecule has 1 aliphatic carbocycles. The van der Waals surface area contributed by atoms with Crippen LogP contribution in [0.1, 0.15) is 30.8 Å². The van der Waals surface area contributed by atoms with Gasteiger partial charge in [-0.25, -0.2) is 4.98 Å². The Morgan fingerprint density at radius 3 is 2.67 bits per heavy atom. The first kappa shape index (κ1) is 11.6. The van der Waals surface area contributed by atoms with Crippen molar-refractivity contribution < 1.29 is 9.26 Å². The van der Waals surface area contributed by atoms with Crippen LogP contribution in [0.25, 0.3) is 10.8 Å². The molecule has 1 fully saturated rings. The topological polar surface area (TPSA) is 87.1 Å². The lowest BCUT2D eigenvalue weighted by atomic mass is 9.79. The largest absolute Gasteiger partial charge is 0.375 e. The highest BCUT2D eigenvalue weighted by Crippen LogP contribution is 2.43. The van der Waals surface area contributed by atoms with Gasteiger partial charge in [0, 0.05) is 7.11 Å². The molecule has 6 nitrogen and oxygen atoms in total. The van der Waals surface area contributed by atoms with Gasteiger partial charge in [0.1, 0.15) is 10.5 Å². The van der Waals surface area contributed by atoms with E-state index in [2.05, 4.69) is 15.1 Å². The molecule has 1 saturated carbocycles. The number of hydrogen-bond acceptors (Lipinski definition) is 7. The summed E-state index contributed by atoms with van der Waals surface area (Å²) < 4.78 is 10.8. The number of methoxy groups -OCH3 is 1. The summed E-state index contributed by atoms with van der Waals surface area (Å²) in [5.41, 5.74) is 6.12. The molecule has 0 aliphatic heterocycles. The Balaban J connectivity index is 1.96. The van der Waals surface area contributed by atoms with Gasteiger partial charge in [-0.05, 0) is 26.2 Å². The molecule has 7 heteroatoms. The van der Waals surface area contributed by atoms with Gasteiger partial charge in [0.05, 0.1) is 5.69 Å². The maximum Gasteiger partial charge on any atom is 0.270 e. The molecule has 0 aromatic carbocycles. The molecule has 0 radical (unpaired) electrons. The average molecular weight is 266 g/mol. The van der Waals surface area contributed by atoms with Crippen molar-refractivity contribution in [3.05, 3.63) is 11.5 Å². The molecule has 3 rings (SSSR count). The lowest BCUT2D eigenvalue weighted by Crippen LogP contribution is -2.37. The molecule has 0 atom stereocenters. The van der Waals surface area contributed by atoms with Crippen LogP contribution in [0.4, 0.5) is 5.13 Å². The van der Waals surface area contributed by atoms with E-state index in [-0.39, 0.29) is 5.60 Å². The van der Waals surface area contributed by atoms with Gasteiger partial charge >= 0.3 is 0 Å². The van der Waals surface area contributed by atoms with E-state index in [0.717, 1.165) is 29.8 Å². The summed E-state index contributed by atoms with van der Waals surface area (Å²) in [4.78, 5) is 9.41. The summed E-state index contributed by atoms with van der Waals surface area (Å²) in [5.74, 6) is 1.10. The summed E-state index contributed by atoms with van der Waals surface area (Å²) in [6.45, 7) is 1.88. The number of hydrogen-bond donors (Lipinski definition) is 1. The first-order chi connectivity index (χ1) is 8.64. The second kappa shape index (κ2) is 4.03. The van der Waals surface area contributed by atoms with Crippen LogP contribution >= 0.6 is 11.3 Å². The fourth-order valence-electron chi connectivity index (χ4n) is 2.13. The zero-order valence-electron chi connectivity index (χ0n) is 10.3. The summed E-state index contributed by atoms with van der Waals surface area (Å²) >= 11 is 1.35. The van der Waals surface area contributed by atoms with Crippen molar-refractivity contribution in [1.82, 2.24) is 15.1 Å². The number of ether oxygens (including phenoxy) is 1. The molecular formula is C11H14N4O2S. The van der Waals surface area contributed by atoms with Gasteiger partial charge in [-0.1, -0.05) is 16.5 Å². The predicted molar refractivity (Wildman–Crippen MR) is 67.1 cm³/mol. The van der Waals surface area contributed by atoms with Gasteiger partial charge < -0.3 is 15.0 Å². The van der Waals surface area contributed by atoms with Crippen molar-refractivity contribution in [2.75, 3.05) is 12.8 Å². The summed E-state index contributed by atoms with van der Waals surface area (Å²) in [6, 6.07) is 0. The van der Waals surface area contributed by atoms with Crippen LogP contribution in [-0.2, 0) is 10.3 Å². The van der Waals surface area contributed by atoms with E-state index in [0.29, 0.717) is 16.8 Å². The van der Waals surface area contributed by atoms with Gasteiger partial charge in [0.25, 0.3) is 5.89 Å². The Bertz CT molecular complexity index is 568. The van der Waals surface area contributed by atoms with Crippen molar-refractivity contribution in [1.29, 1.82) is 0 Å². The average Bonchev–Trinajstić information content (AvgIpc) is 2.85. The van der Waals surface area contributed by atoms with Crippen molar-refractivity contribution in [2.45, 2.75) is 31.8 Å². The molecule has 2 aromatic heterocycles. The zero-order chi connectivity index (χ0) is 12.8. The molecule has 0 bridgehead atoms. The molecule has 96 valence electrons. The second-order valence-electron chi connectivity index (χ2n) is 4.44. The van der Waals surface area contributed by atoms with Gasteiger partial charge in [-0.3, -0.25) is 0 Å². The Hall–Kier alpha value is -1.47. The number of nitrogen functional groups attached to an aromatic ring is 1. The minimum absolute atomic E-state index is 0.355. The highest BCUT2D eigenvalue weighted by Gasteiger charge is 2.43. The first-order valence-electron chi connectivity index (χ1n) is 5.77. The molecular weight excluding hydrogens is 252 g/mol. The maximum atomic E-state index is 5.67. The van der Waals surface area contributed by atoms with Crippen molar-refractivity contribution in [3.8, 4) is 10.8 Å². The molecule has 0 amide bonds. The van der Waals surface area contributed by atoms with Crippen LogP contribution in [-0.4, -0.2) is 22.2 Å². The number of thiazole rings is 1. The molecule has 18 heavy (non-hydrogen) atoms. The third-order valence-corrected chi connectivity index (χ3v) is 4.37. The van der Waals surface area contributed by atoms with Crippen LogP contribution in [0.15, 0.2) is 4.52 Å². The zero-order valence-corrected chi connectivity index (χ0v) is 11.1. The van der Waals surface area contributed by atoms with Gasteiger partial charge in [-0.2, -0.15) is 4.98 Å². The monoisotopic (exact) mass is 266 g/mol. The van der Waals surface area contributed by atoms with Crippen LogP contribution in [0.2, 0.25) is 0 Å². The Morgan fingerprint density at radius 1 is 1.39 bits per heavy atom. The standard InChI is InChI=1S/C11H14N4O2S/c1-6-7(18-10(12)13-6)8-14-9(15-17-8)11(16-2)4-3-5-11/h3-5H2,1-2H3,(H2,12,13). The van der Waals surface area contributed by atoms with Crippen LogP contribution in [0.5, 0.6) is 0 Å². The van der Waals surface area contributed by atoms with Crippen molar-refractivity contribution >= 4 is 16.5 Å².